The number of aromatic nitrogens is 1. The summed E-state index contributed by atoms with van der Waals surface area (Å²) in [6.07, 6.45) is 1.65. The van der Waals surface area contributed by atoms with Crippen LogP contribution in [0.25, 0.3) is 0 Å². The van der Waals surface area contributed by atoms with Crippen LogP contribution in [0.1, 0.15) is 21.6 Å². The third-order valence-corrected chi connectivity index (χ3v) is 3.52. The molecular formula is C18H24N4O. The Hall–Kier alpha value is -2.40. The van der Waals surface area contributed by atoms with Gasteiger partial charge in [-0.15, -0.1) is 0 Å². The molecule has 0 radical (unpaired) electrons. The molecule has 1 aromatic carbocycles. The monoisotopic (exact) mass is 312 g/mol. The molecule has 5 heteroatoms. The van der Waals surface area contributed by atoms with Gasteiger partial charge in [0.15, 0.2) is 0 Å². The highest BCUT2D eigenvalue weighted by atomic mass is 16.1. The predicted molar refractivity (Wildman–Crippen MR) is 95.1 cm³/mol. The summed E-state index contributed by atoms with van der Waals surface area (Å²) in [5.74, 6) is -0.199. The van der Waals surface area contributed by atoms with Gasteiger partial charge in [-0.2, -0.15) is 0 Å². The molecule has 2 aromatic rings. The van der Waals surface area contributed by atoms with Crippen molar-refractivity contribution in [1.82, 2.24) is 9.88 Å². The lowest BCUT2D eigenvalue weighted by Gasteiger charge is -2.12. The highest BCUT2D eigenvalue weighted by Gasteiger charge is 2.10. The molecule has 2 N–H and O–H groups in total. The van der Waals surface area contributed by atoms with Crippen LogP contribution in [0.5, 0.6) is 0 Å². The molecule has 0 aliphatic rings. The van der Waals surface area contributed by atoms with E-state index in [1.807, 2.05) is 52.2 Å². The molecule has 0 saturated carbocycles. The average Bonchev–Trinajstić information content (AvgIpc) is 2.51. The van der Waals surface area contributed by atoms with E-state index in [4.69, 9.17) is 0 Å². The maximum atomic E-state index is 12.4. The number of amides is 1. The Morgan fingerprint density at radius 1 is 1.17 bits per heavy atom. The Bertz CT molecular complexity index is 682. The van der Waals surface area contributed by atoms with E-state index in [1.54, 1.807) is 12.3 Å². The standard InChI is InChI=1S/C18H24N4O/c1-13-5-6-14(2)16(11-13)21-18(23)17-12-15(7-8-20-17)19-9-10-22(3)4/h5-8,11-12H,9-10H2,1-4H3,(H,19,20)(H,21,23). The van der Waals surface area contributed by atoms with Gasteiger partial charge < -0.3 is 15.5 Å². The summed E-state index contributed by atoms with van der Waals surface area (Å²) in [4.78, 5) is 18.7. The molecule has 0 fully saturated rings. The third kappa shape index (κ3) is 5.07. The number of benzene rings is 1. The number of aryl methyl sites for hydroxylation is 2. The van der Waals surface area contributed by atoms with Crippen molar-refractivity contribution in [2.45, 2.75) is 13.8 Å². The highest BCUT2D eigenvalue weighted by molar-refractivity contribution is 6.03. The van der Waals surface area contributed by atoms with Gasteiger partial charge >= 0.3 is 0 Å². The van der Waals surface area contributed by atoms with Gasteiger partial charge in [-0.05, 0) is 57.3 Å². The summed E-state index contributed by atoms with van der Waals surface area (Å²) in [5.41, 5.74) is 4.26. The second-order valence-electron chi connectivity index (χ2n) is 5.93. The van der Waals surface area contributed by atoms with E-state index in [0.717, 1.165) is 35.6 Å². The molecule has 0 spiro atoms. The molecule has 2 rings (SSSR count). The Morgan fingerprint density at radius 3 is 2.70 bits per heavy atom. The quantitative estimate of drug-likeness (QED) is 0.861. The lowest BCUT2D eigenvalue weighted by Crippen LogP contribution is -2.21. The molecule has 0 atom stereocenters. The van der Waals surface area contributed by atoms with Gasteiger partial charge in [-0.25, -0.2) is 0 Å². The molecule has 1 aromatic heterocycles. The summed E-state index contributed by atoms with van der Waals surface area (Å²) in [6.45, 7) is 5.71. The van der Waals surface area contributed by atoms with Crippen LogP contribution in [0.3, 0.4) is 0 Å². The van der Waals surface area contributed by atoms with E-state index < -0.39 is 0 Å². The van der Waals surface area contributed by atoms with Crippen LogP contribution in [-0.2, 0) is 0 Å². The van der Waals surface area contributed by atoms with Gasteiger partial charge in [0.2, 0.25) is 0 Å². The number of nitrogens with zero attached hydrogens (tertiary/aromatic N) is 2. The topological polar surface area (TPSA) is 57.3 Å². The van der Waals surface area contributed by atoms with Gasteiger partial charge in [0.05, 0.1) is 0 Å². The Morgan fingerprint density at radius 2 is 1.96 bits per heavy atom. The number of carbonyl (C=O) groups excluding carboxylic acids is 1. The smallest absolute Gasteiger partial charge is 0.274 e. The van der Waals surface area contributed by atoms with E-state index in [0.29, 0.717) is 5.69 Å². The van der Waals surface area contributed by atoms with Gasteiger partial charge in [-0.1, -0.05) is 12.1 Å². The van der Waals surface area contributed by atoms with Crippen molar-refractivity contribution in [3.8, 4) is 0 Å². The largest absolute Gasteiger partial charge is 0.384 e. The zero-order chi connectivity index (χ0) is 16.8. The molecule has 0 bridgehead atoms. The fraction of sp³-hybridized carbons (Fsp3) is 0.333. The van der Waals surface area contributed by atoms with Crippen molar-refractivity contribution >= 4 is 17.3 Å². The molecule has 0 unspecified atom stereocenters. The number of anilines is 2. The summed E-state index contributed by atoms with van der Waals surface area (Å²) in [5, 5.41) is 6.23. The number of likely N-dealkylation sites (N-methyl/N-ethyl adjacent to an activating group) is 1. The van der Waals surface area contributed by atoms with Gasteiger partial charge in [0, 0.05) is 30.7 Å². The first-order valence-electron chi connectivity index (χ1n) is 7.69. The molecule has 23 heavy (non-hydrogen) atoms. The number of nitrogens with one attached hydrogen (secondary N) is 2. The van der Waals surface area contributed by atoms with Gasteiger partial charge in [-0.3, -0.25) is 9.78 Å². The van der Waals surface area contributed by atoms with E-state index in [2.05, 4.69) is 20.5 Å². The molecule has 0 aliphatic heterocycles. The number of rotatable bonds is 6. The van der Waals surface area contributed by atoms with Crippen molar-refractivity contribution in [3.63, 3.8) is 0 Å². The summed E-state index contributed by atoms with van der Waals surface area (Å²) in [7, 11) is 4.05. The van der Waals surface area contributed by atoms with E-state index in [1.165, 1.54) is 0 Å². The second kappa shape index (κ2) is 7.74. The molecule has 1 amide bonds. The summed E-state index contributed by atoms with van der Waals surface area (Å²) < 4.78 is 0. The summed E-state index contributed by atoms with van der Waals surface area (Å²) >= 11 is 0. The minimum Gasteiger partial charge on any atom is -0.384 e. The first kappa shape index (κ1) is 17.0. The zero-order valence-corrected chi connectivity index (χ0v) is 14.2. The highest BCUT2D eigenvalue weighted by Crippen LogP contribution is 2.17. The SMILES string of the molecule is Cc1ccc(C)c(NC(=O)c2cc(NCCN(C)C)ccn2)c1. The molecule has 5 nitrogen and oxygen atoms in total. The lowest BCUT2D eigenvalue weighted by atomic mass is 10.1. The number of hydrogen-bond donors (Lipinski definition) is 2. The van der Waals surface area contributed by atoms with Crippen LogP contribution in [-0.4, -0.2) is 43.0 Å². The average molecular weight is 312 g/mol. The fourth-order valence-electron chi connectivity index (χ4n) is 2.15. The maximum absolute atomic E-state index is 12.4. The van der Waals surface area contributed by atoms with Crippen LogP contribution in [0, 0.1) is 13.8 Å². The number of carbonyl (C=O) groups is 1. The molecule has 1 heterocycles. The van der Waals surface area contributed by atoms with E-state index >= 15 is 0 Å². The minimum absolute atomic E-state index is 0.199. The fourth-order valence-corrected chi connectivity index (χ4v) is 2.15. The van der Waals surface area contributed by atoms with Crippen molar-refractivity contribution < 1.29 is 4.79 Å². The van der Waals surface area contributed by atoms with Crippen LogP contribution >= 0.6 is 0 Å². The predicted octanol–water partition coefficient (Wildman–Crippen LogP) is 2.92. The minimum atomic E-state index is -0.199. The first-order chi connectivity index (χ1) is 11.0. The van der Waals surface area contributed by atoms with E-state index in [-0.39, 0.29) is 5.91 Å². The Balaban J connectivity index is 2.06. The molecular weight excluding hydrogens is 288 g/mol. The number of pyridine rings is 1. The van der Waals surface area contributed by atoms with Crippen LogP contribution in [0.2, 0.25) is 0 Å². The van der Waals surface area contributed by atoms with Crippen LogP contribution in [0.15, 0.2) is 36.5 Å². The Labute approximate surface area is 137 Å². The van der Waals surface area contributed by atoms with Gasteiger partial charge in [0.25, 0.3) is 5.91 Å². The summed E-state index contributed by atoms with van der Waals surface area (Å²) in [6, 6.07) is 9.63. The number of hydrogen-bond acceptors (Lipinski definition) is 4. The Kier molecular flexibility index (Phi) is 5.71. The third-order valence-electron chi connectivity index (χ3n) is 3.52. The molecule has 0 saturated heterocycles. The van der Waals surface area contributed by atoms with Crippen molar-refractivity contribution in [1.29, 1.82) is 0 Å². The van der Waals surface area contributed by atoms with Crippen molar-refractivity contribution in [2.75, 3.05) is 37.8 Å². The first-order valence-corrected chi connectivity index (χ1v) is 7.69. The normalized spacial score (nSPS) is 10.7. The molecule has 0 aliphatic carbocycles. The van der Waals surface area contributed by atoms with E-state index in [9.17, 15) is 4.79 Å². The van der Waals surface area contributed by atoms with Crippen LogP contribution in [0.4, 0.5) is 11.4 Å². The van der Waals surface area contributed by atoms with Crippen LogP contribution < -0.4 is 10.6 Å². The van der Waals surface area contributed by atoms with Gasteiger partial charge in [0.1, 0.15) is 5.69 Å². The molecule has 122 valence electrons. The van der Waals surface area contributed by atoms with Crippen molar-refractivity contribution in [3.05, 3.63) is 53.3 Å². The lowest BCUT2D eigenvalue weighted by molar-refractivity contribution is 0.102. The zero-order valence-electron chi connectivity index (χ0n) is 14.2. The maximum Gasteiger partial charge on any atom is 0.274 e. The second-order valence-corrected chi connectivity index (χ2v) is 5.93. The van der Waals surface area contributed by atoms with Crippen molar-refractivity contribution in [2.24, 2.45) is 0 Å².